The molecule has 1 amide bonds. The summed E-state index contributed by atoms with van der Waals surface area (Å²) >= 11 is 0. The second-order valence-electron chi connectivity index (χ2n) is 7.59. The molecule has 1 heterocycles. The summed E-state index contributed by atoms with van der Waals surface area (Å²) in [5, 5.41) is 18.7. The normalized spacial score (nSPS) is 11.7. The Balaban J connectivity index is 1.67. The number of carbonyl (C=O) groups excluding carboxylic acids is 1. The molecule has 35 heavy (non-hydrogen) atoms. The molecule has 0 spiro atoms. The third-order valence-corrected chi connectivity index (χ3v) is 7.15. The topological polar surface area (TPSA) is 114 Å². The molecule has 0 radical (unpaired) electrons. The quantitative estimate of drug-likeness (QED) is 0.355. The van der Waals surface area contributed by atoms with Crippen LogP contribution in [0.15, 0.2) is 94.0 Å². The van der Waals surface area contributed by atoms with E-state index in [9.17, 15) is 18.3 Å². The molecular formula is C25H24N4O5S. The highest BCUT2D eigenvalue weighted by atomic mass is 32.2. The monoisotopic (exact) mass is 492 g/mol. The highest BCUT2D eigenvalue weighted by Gasteiger charge is 2.27. The van der Waals surface area contributed by atoms with E-state index in [1.165, 1.54) is 16.7 Å². The number of rotatable bonds is 8. The Bertz CT molecular complexity index is 1480. The van der Waals surface area contributed by atoms with E-state index in [0.717, 1.165) is 4.31 Å². The predicted octanol–water partition coefficient (Wildman–Crippen LogP) is 4.79. The number of aryl methyl sites for hydroxylation is 1. The van der Waals surface area contributed by atoms with Crippen LogP contribution in [0.25, 0.3) is 10.9 Å². The van der Waals surface area contributed by atoms with Gasteiger partial charge in [0.05, 0.1) is 22.7 Å². The van der Waals surface area contributed by atoms with Crippen molar-refractivity contribution in [2.75, 3.05) is 17.5 Å². The summed E-state index contributed by atoms with van der Waals surface area (Å²) in [6.45, 7) is 1.73. The SMILES string of the molecule is CCOc1ccc(N(CC(=O)N=Nc2c(O)n(C)c3ccccc23)S(=O)(=O)c2ccccc2)cc1. The second-order valence-corrected chi connectivity index (χ2v) is 9.46. The standard InChI is InChI=1S/C25H24N4O5S/c1-3-34-19-15-13-18(14-16-19)29(35(32,33)20-9-5-4-6-10-20)17-23(30)26-27-24-21-11-7-8-12-22(21)28(2)25(24)31/h4-16,31H,3,17H2,1-2H3. The summed E-state index contributed by atoms with van der Waals surface area (Å²) in [5.74, 6) is -0.375. The number of fused-ring (bicyclic) bond motifs is 1. The fraction of sp³-hybridized carbons (Fsp3) is 0.160. The molecule has 0 fully saturated rings. The Morgan fingerprint density at radius 1 is 1.00 bits per heavy atom. The smallest absolute Gasteiger partial charge is 0.285 e. The van der Waals surface area contributed by atoms with Crippen LogP contribution >= 0.6 is 0 Å². The maximum Gasteiger partial charge on any atom is 0.285 e. The Morgan fingerprint density at radius 2 is 1.66 bits per heavy atom. The van der Waals surface area contributed by atoms with Crippen molar-refractivity contribution in [3.63, 3.8) is 0 Å². The van der Waals surface area contributed by atoms with E-state index in [1.807, 2.05) is 13.0 Å². The third kappa shape index (κ3) is 4.87. The Hall–Kier alpha value is -4.18. The van der Waals surface area contributed by atoms with E-state index in [2.05, 4.69) is 10.2 Å². The van der Waals surface area contributed by atoms with Crippen molar-refractivity contribution >= 4 is 38.2 Å². The highest BCUT2D eigenvalue weighted by Crippen LogP contribution is 2.37. The molecule has 10 heteroatoms. The van der Waals surface area contributed by atoms with Gasteiger partial charge in [0.1, 0.15) is 12.3 Å². The minimum absolute atomic E-state index is 0.0327. The number of hydrogen-bond acceptors (Lipinski definition) is 6. The number of ether oxygens (including phenoxy) is 1. The molecule has 0 bridgehead atoms. The molecule has 1 aromatic heterocycles. The van der Waals surface area contributed by atoms with E-state index in [-0.39, 0.29) is 22.2 Å². The maximum absolute atomic E-state index is 13.4. The lowest BCUT2D eigenvalue weighted by molar-refractivity contribution is -0.116. The van der Waals surface area contributed by atoms with Gasteiger partial charge < -0.3 is 14.4 Å². The van der Waals surface area contributed by atoms with Crippen LogP contribution in [-0.2, 0) is 21.9 Å². The number of aromatic nitrogens is 1. The van der Waals surface area contributed by atoms with Gasteiger partial charge in [-0.15, -0.1) is 10.2 Å². The van der Waals surface area contributed by atoms with Crippen LogP contribution in [0.2, 0.25) is 0 Å². The summed E-state index contributed by atoms with van der Waals surface area (Å²) in [6, 6.07) is 21.4. The lowest BCUT2D eigenvalue weighted by atomic mass is 10.2. The van der Waals surface area contributed by atoms with Gasteiger partial charge in [0, 0.05) is 12.4 Å². The lowest BCUT2D eigenvalue weighted by Crippen LogP contribution is -2.35. The molecule has 0 aliphatic rings. The summed E-state index contributed by atoms with van der Waals surface area (Å²) in [4.78, 5) is 12.9. The van der Waals surface area contributed by atoms with Crippen LogP contribution < -0.4 is 9.04 Å². The first-order valence-electron chi connectivity index (χ1n) is 10.8. The second kappa shape index (κ2) is 9.98. The number of hydrogen-bond donors (Lipinski definition) is 1. The van der Waals surface area contributed by atoms with Crippen molar-refractivity contribution in [3.05, 3.63) is 78.9 Å². The van der Waals surface area contributed by atoms with Crippen LogP contribution in [-0.4, -0.2) is 37.2 Å². The summed E-state index contributed by atoms with van der Waals surface area (Å²) in [5.41, 5.74) is 1.12. The van der Waals surface area contributed by atoms with Gasteiger partial charge in [-0.2, -0.15) is 0 Å². The number of carbonyl (C=O) groups is 1. The first-order valence-corrected chi connectivity index (χ1v) is 12.3. The van der Waals surface area contributed by atoms with Crippen LogP contribution in [0, 0.1) is 0 Å². The maximum atomic E-state index is 13.4. The minimum Gasteiger partial charge on any atom is -0.494 e. The number of aromatic hydroxyl groups is 1. The van der Waals surface area contributed by atoms with Gasteiger partial charge in [0.15, 0.2) is 5.69 Å². The van der Waals surface area contributed by atoms with Gasteiger partial charge in [-0.25, -0.2) is 8.42 Å². The Morgan fingerprint density at radius 3 is 2.34 bits per heavy atom. The molecule has 180 valence electrons. The molecule has 0 aliphatic carbocycles. The van der Waals surface area contributed by atoms with Crippen molar-refractivity contribution in [1.29, 1.82) is 0 Å². The van der Waals surface area contributed by atoms with Crippen LogP contribution in [0.3, 0.4) is 0 Å². The van der Waals surface area contributed by atoms with Crippen LogP contribution in [0.1, 0.15) is 6.92 Å². The fourth-order valence-corrected chi connectivity index (χ4v) is 5.06. The number of nitrogens with zero attached hydrogens (tertiary/aromatic N) is 4. The lowest BCUT2D eigenvalue weighted by Gasteiger charge is -2.23. The molecule has 0 unspecified atom stereocenters. The fourth-order valence-electron chi connectivity index (χ4n) is 3.63. The van der Waals surface area contributed by atoms with E-state index in [1.54, 1.807) is 67.7 Å². The van der Waals surface area contributed by atoms with Gasteiger partial charge in [-0.3, -0.25) is 9.10 Å². The molecule has 0 aliphatic heterocycles. The van der Waals surface area contributed by atoms with Crippen molar-refractivity contribution in [2.24, 2.45) is 17.3 Å². The minimum atomic E-state index is -4.08. The van der Waals surface area contributed by atoms with Gasteiger partial charge in [-0.05, 0) is 49.4 Å². The van der Waals surface area contributed by atoms with Crippen molar-refractivity contribution in [3.8, 4) is 11.6 Å². The molecule has 3 aromatic carbocycles. The predicted molar refractivity (Wildman–Crippen MR) is 133 cm³/mol. The van der Waals surface area contributed by atoms with Gasteiger partial charge in [0.25, 0.3) is 15.9 Å². The largest absolute Gasteiger partial charge is 0.494 e. The van der Waals surface area contributed by atoms with Gasteiger partial charge in [0.2, 0.25) is 5.88 Å². The zero-order valence-corrected chi connectivity index (χ0v) is 20.0. The van der Waals surface area contributed by atoms with E-state index < -0.39 is 22.5 Å². The van der Waals surface area contributed by atoms with Crippen LogP contribution in [0.4, 0.5) is 11.4 Å². The molecule has 4 aromatic rings. The van der Waals surface area contributed by atoms with Crippen LogP contribution in [0.5, 0.6) is 11.6 Å². The first-order chi connectivity index (χ1) is 16.8. The number of anilines is 1. The summed E-state index contributed by atoms with van der Waals surface area (Å²) in [7, 11) is -2.41. The zero-order chi connectivity index (χ0) is 25.0. The summed E-state index contributed by atoms with van der Waals surface area (Å²) < 4.78 is 34.8. The number of para-hydroxylation sites is 1. The molecule has 4 rings (SSSR count). The zero-order valence-electron chi connectivity index (χ0n) is 19.2. The average Bonchev–Trinajstić information content (AvgIpc) is 3.12. The number of sulfonamides is 1. The van der Waals surface area contributed by atoms with Gasteiger partial charge >= 0.3 is 0 Å². The van der Waals surface area contributed by atoms with E-state index >= 15 is 0 Å². The first kappa shape index (κ1) is 24.0. The molecule has 0 atom stereocenters. The molecule has 9 nitrogen and oxygen atoms in total. The van der Waals surface area contributed by atoms with E-state index in [4.69, 9.17) is 4.74 Å². The third-order valence-electron chi connectivity index (χ3n) is 5.36. The Labute approximate surface area is 203 Å². The highest BCUT2D eigenvalue weighted by molar-refractivity contribution is 7.92. The number of amides is 1. The molecule has 1 N–H and O–H groups in total. The Kier molecular flexibility index (Phi) is 6.83. The summed E-state index contributed by atoms with van der Waals surface area (Å²) in [6.07, 6.45) is 0. The van der Waals surface area contributed by atoms with E-state index in [0.29, 0.717) is 23.3 Å². The molecule has 0 saturated carbocycles. The molecule has 0 saturated heterocycles. The number of benzene rings is 3. The van der Waals surface area contributed by atoms with Gasteiger partial charge in [-0.1, -0.05) is 36.4 Å². The van der Waals surface area contributed by atoms with Crippen molar-refractivity contribution in [1.82, 2.24) is 4.57 Å². The average molecular weight is 493 g/mol. The van der Waals surface area contributed by atoms with Crippen molar-refractivity contribution in [2.45, 2.75) is 11.8 Å². The molecular weight excluding hydrogens is 468 g/mol. The number of azo groups is 1. The van der Waals surface area contributed by atoms with Crippen molar-refractivity contribution < 1.29 is 23.1 Å².